The molecule has 0 aliphatic heterocycles. The average Bonchev–Trinajstić information content (AvgIpc) is 2.70. The van der Waals surface area contributed by atoms with Crippen molar-refractivity contribution in [2.45, 2.75) is 96.8 Å². The first-order chi connectivity index (χ1) is 13.7. The van der Waals surface area contributed by atoms with E-state index in [9.17, 15) is 9.90 Å². The fourth-order valence-corrected chi connectivity index (χ4v) is 3.26. The molecule has 0 saturated carbocycles. The molecule has 0 fully saturated rings. The largest absolute Gasteiger partial charge is 0.508 e. The Kier molecular flexibility index (Phi) is 15.0. The highest BCUT2D eigenvalue weighted by Gasteiger charge is 2.06. The topological polar surface area (TPSA) is 46.5 Å². The Morgan fingerprint density at radius 2 is 1.29 bits per heavy atom. The minimum Gasteiger partial charge on any atom is -0.508 e. The van der Waals surface area contributed by atoms with E-state index in [1.165, 1.54) is 82.8 Å². The van der Waals surface area contributed by atoms with Crippen molar-refractivity contribution in [3.05, 3.63) is 42.0 Å². The molecule has 0 heterocycles. The second kappa shape index (κ2) is 17.3. The molecular formula is C25H40O3. The zero-order chi connectivity index (χ0) is 20.3. The maximum absolute atomic E-state index is 11.8. The number of carbonyl (C=O) groups is 1. The molecule has 1 aromatic carbocycles. The maximum Gasteiger partial charge on any atom is 0.338 e. The Morgan fingerprint density at radius 3 is 1.82 bits per heavy atom. The smallest absolute Gasteiger partial charge is 0.338 e. The predicted octanol–water partition coefficient (Wildman–Crippen LogP) is 7.59. The van der Waals surface area contributed by atoms with Gasteiger partial charge in [-0.3, -0.25) is 0 Å². The molecule has 3 heteroatoms. The number of hydrogen-bond acceptors (Lipinski definition) is 3. The summed E-state index contributed by atoms with van der Waals surface area (Å²) in [4.78, 5) is 11.8. The highest BCUT2D eigenvalue weighted by atomic mass is 16.5. The zero-order valence-corrected chi connectivity index (χ0v) is 17.8. The average molecular weight is 389 g/mol. The lowest BCUT2D eigenvalue weighted by molar-refractivity contribution is 0.0497. The third kappa shape index (κ3) is 13.4. The van der Waals surface area contributed by atoms with Crippen LogP contribution < -0.4 is 0 Å². The Hall–Kier alpha value is -1.77. The number of esters is 1. The van der Waals surface area contributed by atoms with Gasteiger partial charge in [-0.15, -0.1) is 0 Å². The molecular weight excluding hydrogens is 348 g/mol. The van der Waals surface area contributed by atoms with Crippen molar-refractivity contribution in [3.8, 4) is 5.75 Å². The number of phenols is 1. The number of phenolic OH excluding ortho intramolecular Hbond substituents is 1. The summed E-state index contributed by atoms with van der Waals surface area (Å²) in [5, 5.41) is 9.22. The normalized spacial score (nSPS) is 11.2. The molecule has 0 aromatic heterocycles. The van der Waals surface area contributed by atoms with E-state index in [2.05, 4.69) is 19.1 Å². The van der Waals surface area contributed by atoms with Gasteiger partial charge in [-0.1, -0.05) is 83.3 Å². The Labute approximate surface area is 172 Å². The lowest BCUT2D eigenvalue weighted by atomic mass is 10.0. The number of unbranched alkanes of at least 4 members (excludes halogenated alkanes) is 12. The van der Waals surface area contributed by atoms with Crippen molar-refractivity contribution in [2.24, 2.45) is 0 Å². The van der Waals surface area contributed by atoms with Gasteiger partial charge in [0.1, 0.15) is 5.75 Å². The predicted molar refractivity (Wildman–Crippen MR) is 118 cm³/mol. The van der Waals surface area contributed by atoms with E-state index in [0.29, 0.717) is 12.2 Å². The van der Waals surface area contributed by atoms with Gasteiger partial charge in [0.15, 0.2) is 0 Å². The summed E-state index contributed by atoms with van der Waals surface area (Å²) in [7, 11) is 0. The van der Waals surface area contributed by atoms with Crippen molar-refractivity contribution in [2.75, 3.05) is 6.61 Å². The van der Waals surface area contributed by atoms with Gasteiger partial charge < -0.3 is 9.84 Å². The molecule has 0 aliphatic rings. The fourth-order valence-electron chi connectivity index (χ4n) is 3.26. The zero-order valence-electron chi connectivity index (χ0n) is 17.8. The molecule has 28 heavy (non-hydrogen) atoms. The second-order valence-electron chi connectivity index (χ2n) is 7.59. The molecule has 0 amide bonds. The number of hydrogen-bond donors (Lipinski definition) is 1. The lowest BCUT2D eigenvalue weighted by Gasteiger charge is -2.05. The van der Waals surface area contributed by atoms with Crippen LogP contribution in [-0.2, 0) is 4.74 Å². The number of benzene rings is 1. The number of carbonyl (C=O) groups excluding carboxylic acids is 1. The van der Waals surface area contributed by atoms with Crippen molar-refractivity contribution >= 4 is 5.97 Å². The first-order valence-corrected chi connectivity index (χ1v) is 11.3. The monoisotopic (exact) mass is 388 g/mol. The molecule has 0 bridgehead atoms. The summed E-state index contributed by atoms with van der Waals surface area (Å²) < 4.78 is 5.26. The summed E-state index contributed by atoms with van der Waals surface area (Å²) in [5.74, 6) is -0.149. The van der Waals surface area contributed by atoms with Crippen LogP contribution in [-0.4, -0.2) is 17.7 Å². The molecule has 1 N–H and O–H groups in total. The third-order valence-corrected chi connectivity index (χ3v) is 5.00. The van der Waals surface area contributed by atoms with Gasteiger partial charge in [0.2, 0.25) is 0 Å². The molecule has 0 spiro atoms. The molecule has 158 valence electrons. The molecule has 1 aromatic rings. The van der Waals surface area contributed by atoms with Gasteiger partial charge in [0, 0.05) is 0 Å². The molecule has 0 unspecified atom stereocenters. The van der Waals surface area contributed by atoms with Crippen molar-refractivity contribution in [3.63, 3.8) is 0 Å². The van der Waals surface area contributed by atoms with E-state index in [1.54, 1.807) is 12.1 Å². The summed E-state index contributed by atoms with van der Waals surface area (Å²) >= 11 is 0. The van der Waals surface area contributed by atoms with Crippen LogP contribution in [0, 0.1) is 0 Å². The third-order valence-electron chi connectivity index (χ3n) is 5.00. The molecule has 0 saturated heterocycles. The van der Waals surface area contributed by atoms with Crippen molar-refractivity contribution < 1.29 is 14.6 Å². The minimum atomic E-state index is -0.308. The number of rotatable bonds is 17. The van der Waals surface area contributed by atoms with Gasteiger partial charge in [-0.25, -0.2) is 4.79 Å². The second-order valence-corrected chi connectivity index (χ2v) is 7.59. The van der Waals surface area contributed by atoms with Crippen LogP contribution in [0.3, 0.4) is 0 Å². The fraction of sp³-hybridized carbons (Fsp3) is 0.640. The maximum atomic E-state index is 11.8. The van der Waals surface area contributed by atoms with E-state index in [4.69, 9.17) is 4.74 Å². The number of aromatic hydroxyl groups is 1. The summed E-state index contributed by atoms with van der Waals surface area (Å²) in [6.07, 6.45) is 22.5. The Balaban J connectivity index is 1.80. The van der Waals surface area contributed by atoms with Crippen LogP contribution in [0.5, 0.6) is 5.75 Å². The highest BCUT2D eigenvalue weighted by Crippen LogP contribution is 2.13. The number of ether oxygens (including phenoxy) is 1. The lowest BCUT2D eigenvalue weighted by Crippen LogP contribution is -2.06. The molecule has 3 nitrogen and oxygen atoms in total. The SMILES string of the molecule is CC/C=C/CCCCCCCCCCCCCCOC(=O)c1ccc(O)cc1. The van der Waals surface area contributed by atoms with E-state index in [0.717, 1.165) is 19.3 Å². The van der Waals surface area contributed by atoms with Crippen LogP contribution in [0.25, 0.3) is 0 Å². The van der Waals surface area contributed by atoms with E-state index in [1.807, 2.05) is 0 Å². The van der Waals surface area contributed by atoms with E-state index in [-0.39, 0.29) is 11.7 Å². The van der Waals surface area contributed by atoms with E-state index >= 15 is 0 Å². The van der Waals surface area contributed by atoms with Crippen LogP contribution in [0.2, 0.25) is 0 Å². The van der Waals surface area contributed by atoms with Crippen LogP contribution in [0.1, 0.15) is 107 Å². The molecule has 1 rings (SSSR count). The molecule has 0 aliphatic carbocycles. The number of allylic oxidation sites excluding steroid dienone is 2. The van der Waals surface area contributed by atoms with Gasteiger partial charge in [-0.05, 0) is 49.9 Å². The molecule has 0 radical (unpaired) electrons. The summed E-state index contributed by atoms with van der Waals surface area (Å²) in [6.45, 7) is 2.67. The van der Waals surface area contributed by atoms with Gasteiger partial charge in [-0.2, -0.15) is 0 Å². The van der Waals surface area contributed by atoms with Gasteiger partial charge in [0.05, 0.1) is 12.2 Å². The van der Waals surface area contributed by atoms with Crippen molar-refractivity contribution in [1.82, 2.24) is 0 Å². The first-order valence-electron chi connectivity index (χ1n) is 11.3. The minimum absolute atomic E-state index is 0.159. The van der Waals surface area contributed by atoms with Gasteiger partial charge in [0.25, 0.3) is 0 Å². The van der Waals surface area contributed by atoms with E-state index < -0.39 is 0 Å². The van der Waals surface area contributed by atoms with Crippen LogP contribution in [0.4, 0.5) is 0 Å². The Morgan fingerprint density at radius 1 is 0.786 bits per heavy atom. The van der Waals surface area contributed by atoms with Crippen LogP contribution >= 0.6 is 0 Å². The summed E-state index contributed by atoms with van der Waals surface area (Å²) in [6, 6.07) is 6.18. The highest BCUT2D eigenvalue weighted by molar-refractivity contribution is 5.89. The Bertz CT molecular complexity index is 519. The van der Waals surface area contributed by atoms with Crippen LogP contribution in [0.15, 0.2) is 36.4 Å². The van der Waals surface area contributed by atoms with Gasteiger partial charge >= 0.3 is 5.97 Å². The van der Waals surface area contributed by atoms with Crippen molar-refractivity contribution in [1.29, 1.82) is 0 Å². The molecule has 0 atom stereocenters. The first kappa shape index (κ1) is 24.3. The summed E-state index contributed by atoms with van der Waals surface area (Å²) in [5.41, 5.74) is 0.492. The standard InChI is InChI=1S/C25H40O3/c1-2-3-4-5-6-7-8-9-10-11-12-13-14-15-16-17-22-28-25(27)23-18-20-24(26)21-19-23/h3-4,18-21,26H,2,5-17,22H2,1H3/b4-3+. The quantitative estimate of drug-likeness (QED) is 0.170.